The molecule has 0 aromatic carbocycles. The topological polar surface area (TPSA) is 58.1 Å². The number of thiophene rings is 1. The van der Waals surface area contributed by atoms with E-state index in [9.17, 15) is 4.79 Å². The summed E-state index contributed by atoms with van der Waals surface area (Å²) in [6.07, 6.45) is 4.56. The molecule has 6 heteroatoms. The maximum atomic E-state index is 12.1. The Morgan fingerprint density at radius 1 is 1.38 bits per heavy atom. The molecule has 0 unspecified atom stereocenters. The summed E-state index contributed by atoms with van der Waals surface area (Å²) in [6.45, 7) is 6.71. The quantitative estimate of drug-likeness (QED) is 0.853. The standard InChI is InChI=1S/C15H20N4OS/c1-3-19(4-2)14(12-5-8-21-11-12)10-18-15(20)13-9-16-6-7-17-13/h5-9,11,14H,3-4,10H2,1-2H3,(H,18,20)/t14-/m0/s1. The third-order valence-corrected chi connectivity index (χ3v) is 4.13. The number of nitrogens with one attached hydrogen (secondary N) is 1. The average Bonchev–Trinajstić information content (AvgIpc) is 3.06. The van der Waals surface area contributed by atoms with Crippen LogP contribution in [0.4, 0.5) is 0 Å². The van der Waals surface area contributed by atoms with E-state index in [2.05, 4.69) is 50.9 Å². The predicted molar refractivity (Wildman–Crippen MR) is 84.3 cm³/mol. The molecule has 2 aromatic rings. The molecule has 0 saturated carbocycles. The van der Waals surface area contributed by atoms with Crippen molar-refractivity contribution in [2.45, 2.75) is 19.9 Å². The summed E-state index contributed by atoms with van der Waals surface area (Å²) in [5.41, 5.74) is 1.59. The number of hydrogen-bond acceptors (Lipinski definition) is 5. The zero-order valence-corrected chi connectivity index (χ0v) is 13.1. The van der Waals surface area contributed by atoms with E-state index < -0.39 is 0 Å². The van der Waals surface area contributed by atoms with Gasteiger partial charge in [0, 0.05) is 18.9 Å². The molecule has 0 radical (unpaired) electrons. The summed E-state index contributed by atoms with van der Waals surface area (Å²) in [7, 11) is 0. The molecule has 0 bridgehead atoms. The molecule has 0 aliphatic heterocycles. The van der Waals surface area contributed by atoms with Crippen molar-refractivity contribution in [2.75, 3.05) is 19.6 Å². The van der Waals surface area contributed by atoms with E-state index in [1.165, 1.54) is 18.0 Å². The van der Waals surface area contributed by atoms with Crippen molar-refractivity contribution in [3.8, 4) is 0 Å². The highest BCUT2D eigenvalue weighted by Crippen LogP contribution is 2.22. The number of nitrogens with zero attached hydrogens (tertiary/aromatic N) is 3. The van der Waals surface area contributed by atoms with Gasteiger partial charge in [-0.2, -0.15) is 11.3 Å². The van der Waals surface area contributed by atoms with Gasteiger partial charge in [0.2, 0.25) is 0 Å². The highest BCUT2D eigenvalue weighted by atomic mass is 32.1. The van der Waals surface area contributed by atoms with Gasteiger partial charge in [-0.25, -0.2) is 4.98 Å². The van der Waals surface area contributed by atoms with Crippen molar-refractivity contribution in [3.63, 3.8) is 0 Å². The van der Waals surface area contributed by atoms with Crippen LogP contribution in [0.2, 0.25) is 0 Å². The van der Waals surface area contributed by atoms with E-state index in [4.69, 9.17) is 0 Å². The Hall–Kier alpha value is -1.79. The fourth-order valence-electron chi connectivity index (χ4n) is 2.28. The average molecular weight is 304 g/mol. The van der Waals surface area contributed by atoms with Crippen LogP contribution in [-0.2, 0) is 0 Å². The Balaban J connectivity index is 2.04. The molecule has 0 fully saturated rings. The van der Waals surface area contributed by atoms with Crippen molar-refractivity contribution in [1.29, 1.82) is 0 Å². The zero-order valence-electron chi connectivity index (χ0n) is 12.3. The molecule has 5 nitrogen and oxygen atoms in total. The zero-order chi connectivity index (χ0) is 15.1. The van der Waals surface area contributed by atoms with E-state index in [-0.39, 0.29) is 11.9 Å². The second-order valence-electron chi connectivity index (χ2n) is 4.59. The van der Waals surface area contributed by atoms with Crippen LogP contribution in [0.15, 0.2) is 35.4 Å². The smallest absolute Gasteiger partial charge is 0.271 e. The van der Waals surface area contributed by atoms with Gasteiger partial charge < -0.3 is 5.32 Å². The normalized spacial score (nSPS) is 12.3. The highest BCUT2D eigenvalue weighted by Gasteiger charge is 2.19. The minimum Gasteiger partial charge on any atom is -0.349 e. The number of amides is 1. The highest BCUT2D eigenvalue weighted by molar-refractivity contribution is 7.07. The molecule has 1 atom stereocenters. The van der Waals surface area contributed by atoms with E-state index in [1.807, 2.05) is 0 Å². The number of rotatable bonds is 7. The molecule has 1 N–H and O–H groups in total. The number of carbonyl (C=O) groups excluding carboxylic acids is 1. The maximum Gasteiger partial charge on any atom is 0.271 e. The molecule has 21 heavy (non-hydrogen) atoms. The second-order valence-corrected chi connectivity index (χ2v) is 5.37. The third-order valence-electron chi connectivity index (χ3n) is 3.43. The van der Waals surface area contributed by atoms with Crippen molar-refractivity contribution < 1.29 is 4.79 Å². The fraction of sp³-hybridized carbons (Fsp3) is 0.400. The summed E-state index contributed by atoms with van der Waals surface area (Å²) >= 11 is 1.68. The molecule has 2 aromatic heterocycles. The van der Waals surface area contributed by atoms with E-state index in [1.54, 1.807) is 17.5 Å². The molecule has 112 valence electrons. The van der Waals surface area contributed by atoms with Gasteiger partial charge in [0.1, 0.15) is 5.69 Å². The number of carbonyl (C=O) groups is 1. The van der Waals surface area contributed by atoms with Crippen molar-refractivity contribution in [3.05, 3.63) is 46.7 Å². The van der Waals surface area contributed by atoms with Crippen LogP contribution < -0.4 is 5.32 Å². The van der Waals surface area contributed by atoms with Crippen LogP contribution in [-0.4, -0.2) is 40.4 Å². The number of likely N-dealkylation sites (N-methyl/N-ethyl adjacent to an activating group) is 1. The van der Waals surface area contributed by atoms with Crippen LogP contribution in [0.25, 0.3) is 0 Å². The first-order valence-corrected chi connectivity index (χ1v) is 8.00. The molecule has 0 aliphatic rings. The molecule has 0 aliphatic carbocycles. The summed E-state index contributed by atoms with van der Waals surface area (Å²) < 4.78 is 0. The van der Waals surface area contributed by atoms with Gasteiger partial charge in [-0.1, -0.05) is 13.8 Å². The van der Waals surface area contributed by atoms with E-state index in [0.717, 1.165) is 13.1 Å². The number of hydrogen-bond donors (Lipinski definition) is 1. The summed E-state index contributed by atoms with van der Waals surface area (Å²) in [6, 6.07) is 2.30. The van der Waals surface area contributed by atoms with Gasteiger partial charge in [0.15, 0.2) is 0 Å². The van der Waals surface area contributed by atoms with Crippen LogP contribution in [0.1, 0.15) is 35.9 Å². The first kappa shape index (κ1) is 15.6. The lowest BCUT2D eigenvalue weighted by Gasteiger charge is -2.29. The largest absolute Gasteiger partial charge is 0.349 e. The second kappa shape index (κ2) is 7.85. The molecule has 2 heterocycles. The van der Waals surface area contributed by atoms with Gasteiger partial charge in [0.25, 0.3) is 5.91 Å². The van der Waals surface area contributed by atoms with Gasteiger partial charge in [0.05, 0.1) is 12.2 Å². The Morgan fingerprint density at radius 2 is 2.19 bits per heavy atom. The monoisotopic (exact) mass is 304 g/mol. The SMILES string of the molecule is CCN(CC)[C@@H](CNC(=O)c1cnccn1)c1ccsc1. The van der Waals surface area contributed by atoms with E-state index in [0.29, 0.717) is 12.2 Å². The molecule has 0 saturated heterocycles. The first-order valence-electron chi connectivity index (χ1n) is 7.06. The molecular formula is C15H20N4OS. The van der Waals surface area contributed by atoms with E-state index >= 15 is 0 Å². The summed E-state index contributed by atoms with van der Waals surface area (Å²) in [5.74, 6) is -0.185. The minimum atomic E-state index is -0.185. The molecule has 2 rings (SSSR count). The Kier molecular flexibility index (Phi) is 5.83. The van der Waals surface area contributed by atoms with Gasteiger partial charge in [-0.3, -0.25) is 14.7 Å². The van der Waals surface area contributed by atoms with Crippen LogP contribution >= 0.6 is 11.3 Å². The van der Waals surface area contributed by atoms with Crippen molar-refractivity contribution in [2.24, 2.45) is 0 Å². The molecule has 0 spiro atoms. The van der Waals surface area contributed by atoms with Gasteiger partial charge in [-0.05, 0) is 35.5 Å². The number of aromatic nitrogens is 2. The van der Waals surface area contributed by atoms with Crippen LogP contribution in [0.5, 0.6) is 0 Å². The summed E-state index contributed by atoms with van der Waals surface area (Å²) in [4.78, 5) is 22.4. The molecular weight excluding hydrogens is 284 g/mol. The lowest BCUT2D eigenvalue weighted by molar-refractivity contribution is 0.0929. The third kappa shape index (κ3) is 4.09. The van der Waals surface area contributed by atoms with Crippen LogP contribution in [0, 0.1) is 0 Å². The van der Waals surface area contributed by atoms with Gasteiger partial charge >= 0.3 is 0 Å². The van der Waals surface area contributed by atoms with Crippen molar-refractivity contribution >= 4 is 17.2 Å². The van der Waals surface area contributed by atoms with Crippen molar-refractivity contribution in [1.82, 2.24) is 20.2 Å². The maximum absolute atomic E-state index is 12.1. The lowest BCUT2D eigenvalue weighted by atomic mass is 10.1. The lowest BCUT2D eigenvalue weighted by Crippen LogP contribution is -2.38. The Labute approximate surface area is 129 Å². The van der Waals surface area contributed by atoms with Crippen LogP contribution in [0.3, 0.4) is 0 Å². The Morgan fingerprint density at radius 3 is 2.76 bits per heavy atom. The minimum absolute atomic E-state index is 0.185. The summed E-state index contributed by atoms with van der Waals surface area (Å²) in [5, 5.41) is 7.16. The molecule has 1 amide bonds. The van der Waals surface area contributed by atoms with Gasteiger partial charge in [-0.15, -0.1) is 0 Å². The Bertz CT molecular complexity index is 540. The first-order chi connectivity index (χ1) is 10.3. The predicted octanol–water partition coefficient (Wildman–Crippen LogP) is 2.35. The fourth-order valence-corrected chi connectivity index (χ4v) is 2.99.